The standard InChI is InChI=1S/C13H20N4S/c1-4-13(5-2,18-3)10-14-11-7-9-17-12(16-11)6-8-15-17/h6-9H,4-5,10H2,1-3H3,(H,14,16). The normalized spacial score (nSPS) is 11.9. The van der Waals surface area contributed by atoms with Crippen molar-refractivity contribution >= 4 is 23.2 Å². The third kappa shape index (κ3) is 2.61. The van der Waals surface area contributed by atoms with Gasteiger partial charge in [-0.2, -0.15) is 16.9 Å². The highest BCUT2D eigenvalue weighted by Gasteiger charge is 2.24. The van der Waals surface area contributed by atoms with Crippen molar-refractivity contribution in [3.8, 4) is 0 Å². The van der Waals surface area contributed by atoms with Gasteiger partial charge in [-0.05, 0) is 25.2 Å². The van der Waals surface area contributed by atoms with Crippen molar-refractivity contribution in [2.45, 2.75) is 31.4 Å². The number of nitrogens with zero attached hydrogens (tertiary/aromatic N) is 3. The van der Waals surface area contributed by atoms with Gasteiger partial charge in [0.15, 0.2) is 5.65 Å². The minimum Gasteiger partial charge on any atom is -0.369 e. The molecule has 98 valence electrons. The molecule has 0 spiro atoms. The van der Waals surface area contributed by atoms with Gasteiger partial charge in [0.05, 0.1) is 6.20 Å². The average molecular weight is 264 g/mol. The first kappa shape index (κ1) is 13.2. The van der Waals surface area contributed by atoms with E-state index >= 15 is 0 Å². The Morgan fingerprint density at radius 2 is 2.11 bits per heavy atom. The molecular weight excluding hydrogens is 244 g/mol. The van der Waals surface area contributed by atoms with Crippen LogP contribution in [0, 0.1) is 0 Å². The maximum Gasteiger partial charge on any atom is 0.157 e. The summed E-state index contributed by atoms with van der Waals surface area (Å²) >= 11 is 1.93. The molecule has 4 nitrogen and oxygen atoms in total. The Balaban J connectivity index is 2.09. The Morgan fingerprint density at radius 1 is 1.33 bits per heavy atom. The van der Waals surface area contributed by atoms with Crippen molar-refractivity contribution in [1.29, 1.82) is 0 Å². The summed E-state index contributed by atoms with van der Waals surface area (Å²) in [6, 6.07) is 3.88. The molecule has 0 bridgehead atoms. The molecule has 0 saturated heterocycles. The predicted octanol–water partition coefficient (Wildman–Crippen LogP) is 3.06. The number of hydrogen-bond acceptors (Lipinski definition) is 4. The van der Waals surface area contributed by atoms with Crippen LogP contribution in [0.3, 0.4) is 0 Å². The fraction of sp³-hybridized carbons (Fsp3) is 0.538. The third-order valence-corrected chi connectivity index (χ3v) is 5.16. The van der Waals surface area contributed by atoms with E-state index < -0.39 is 0 Å². The summed E-state index contributed by atoms with van der Waals surface area (Å²) in [6.45, 7) is 5.43. The maximum atomic E-state index is 4.52. The fourth-order valence-corrected chi connectivity index (χ4v) is 2.82. The highest BCUT2D eigenvalue weighted by atomic mass is 32.2. The molecule has 2 heterocycles. The van der Waals surface area contributed by atoms with Gasteiger partial charge in [-0.1, -0.05) is 13.8 Å². The molecule has 0 aliphatic heterocycles. The summed E-state index contributed by atoms with van der Waals surface area (Å²) in [5.41, 5.74) is 0.878. The zero-order valence-corrected chi connectivity index (χ0v) is 12.0. The predicted molar refractivity (Wildman–Crippen MR) is 78.3 cm³/mol. The summed E-state index contributed by atoms with van der Waals surface area (Å²) in [5, 5.41) is 7.59. The van der Waals surface area contributed by atoms with E-state index in [2.05, 4.69) is 35.5 Å². The van der Waals surface area contributed by atoms with E-state index in [1.54, 1.807) is 10.7 Å². The number of nitrogens with one attached hydrogen (secondary N) is 1. The second-order valence-corrected chi connectivity index (χ2v) is 5.67. The van der Waals surface area contributed by atoms with Crippen molar-refractivity contribution in [2.75, 3.05) is 18.1 Å². The van der Waals surface area contributed by atoms with Crippen LogP contribution in [0.25, 0.3) is 5.65 Å². The Bertz CT molecular complexity index is 496. The summed E-state index contributed by atoms with van der Waals surface area (Å²) in [6.07, 6.45) is 8.20. The first-order valence-electron chi connectivity index (χ1n) is 6.32. The zero-order chi connectivity index (χ0) is 13.0. The number of hydrogen-bond donors (Lipinski definition) is 1. The Kier molecular flexibility index (Phi) is 4.11. The molecule has 0 fully saturated rings. The van der Waals surface area contributed by atoms with Gasteiger partial charge in [-0.25, -0.2) is 9.50 Å². The van der Waals surface area contributed by atoms with E-state index in [4.69, 9.17) is 0 Å². The summed E-state index contributed by atoms with van der Waals surface area (Å²) in [5.74, 6) is 0.920. The maximum absolute atomic E-state index is 4.52. The molecule has 0 radical (unpaired) electrons. The van der Waals surface area contributed by atoms with E-state index in [0.717, 1.165) is 30.9 Å². The average Bonchev–Trinajstić information content (AvgIpc) is 2.88. The van der Waals surface area contributed by atoms with Gasteiger partial charge < -0.3 is 5.32 Å². The van der Waals surface area contributed by atoms with Crippen molar-refractivity contribution < 1.29 is 0 Å². The molecular formula is C13H20N4S. The number of anilines is 1. The van der Waals surface area contributed by atoms with E-state index in [0.29, 0.717) is 4.75 Å². The molecule has 0 aliphatic carbocycles. The summed E-state index contributed by atoms with van der Waals surface area (Å²) < 4.78 is 2.07. The van der Waals surface area contributed by atoms with E-state index in [1.165, 1.54) is 0 Å². The molecule has 2 aromatic rings. The van der Waals surface area contributed by atoms with Crippen molar-refractivity contribution in [3.63, 3.8) is 0 Å². The Morgan fingerprint density at radius 3 is 2.78 bits per heavy atom. The molecule has 0 aromatic carbocycles. The van der Waals surface area contributed by atoms with Crippen LogP contribution in [0.4, 0.5) is 5.82 Å². The molecule has 5 heteroatoms. The van der Waals surface area contributed by atoms with Crippen LogP contribution < -0.4 is 5.32 Å². The van der Waals surface area contributed by atoms with Crippen LogP contribution in [-0.4, -0.2) is 32.1 Å². The van der Waals surface area contributed by atoms with Crippen LogP contribution >= 0.6 is 11.8 Å². The molecule has 2 aromatic heterocycles. The molecule has 1 N–H and O–H groups in total. The Labute approximate surface area is 112 Å². The minimum atomic E-state index is 0.300. The van der Waals surface area contributed by atoms with Crippen molar-refractivity contribution in [3.05, 3.63) is 24.5 Å². The van der Waals surface area contributed by atoms with Gasteiger partial charge in [0.2, 0.25) is 0 Å². The monoisotopic (exact) mass is 264 g/mol. The van der Waals surface area contributed by atoms with E-state index in [-0.39, 0.29) is 0 Å². The Hall–Kier alpha value is -1.23. The molecule has 0 aliphatic rings. The zero-order valence-electron chi connectivity index (χ0n) is 11.2. The molecule has 0 saturated carbocycles. The second-order valence-electron chi connectivity index (χ2n) is 4.39. The van der Waals surface area contributed by atoms with Crippen LogP contribution in [-0.2, 0) is 0 Å². The van der Waals surface area contributed by atoms with E-state index in [1.807, 2.05) is 30.1 Å². The molecule has 0 amide bonds. The smallest absolute Gasteiger partial charge is 0.157 e. The van der Waals surface area contributed by atoms with Gasteiger partial charge >= 0.3 is 0 Å². The highest BCUT2D eigenvalue weighted by Crippen LogP contribution is 2.30. The SMILES string of the molecule is CCC(CC)(CNc1ccn2nccc2n1)SC. The van der Waals surface area contributed by atoms with Crippen LogP contribution in [0.5, 0.6) is 0 Å². The molecule has 0 unspecified atom stereocenters. The fourth-order valence-electron chi connectivity index (χ4n) is 2.02. The minimum absolute atomic E-state index is 0.300. The van der Waals surface area contributed by atoms with Gasteiger partial charge in [0, 0.05) is 23.6 Å². The highest BCUT2D eigenvalue weighted by molar-refractivity contribution is 8.00. The van der Waals surface area contributed by atoms with Gasteiger partial charge in [0.1, 0.15) is 5.82 Å². The first-order chi connectivity index (χ1) is 8.73. The van der Waals surface area contributed by atoms with Gasteiger partial charge in [-0.3, -0.25) is 0 Å². The van der Waals surface area contributed by atoms with Crippen LogP contribution in [0.15, 0.2) is 24.5 Å². The molecule has 0 atom stereocenters. The van der Waals surface area contributed by atoms with Gasteiger partial charge in [-0.15, -0.1) is 0 Å². The first-order valence-corrected chi connectivity index (χ1v) is 7.55. The largest absolute Gasteiger partial charge is 0.369 e. The van der Waals surface area contributed by atoms with E-state index in [9.17, 15) is 0 Å². The lowest BCUT2D eigenvalue weighted by Gasteiger charge is -2.30. The number of aromatic nitrogens is 3. The summed E-state index contributed by atoms with van der Waals surface area (Å²) in [7, 11) is 0. The summed E-state index contributed by atoms with van der Waals surface area (Å²) in [4.78, 5) is 4.52. The number of rotatable bonds is 6. The lowest BCUT2D eigenvalue weighted by molar-refractivity contribution is 0.574. The lowest BCUT2D eigenvalue weighted by Crippen LogP contribution is -2.32. The number of thioether (sulfide) groups is 1. The third-order valence-electron chi connectivity index (χ3n) is 3.57. The number of fused-ring (bicyclic) bond motifs is 1. The molecule has 18 heavy (non-hydrogen) atoms. The van der Waals surface area contributed by atoms with Crippen molar-refractivity contribution in [1.82, 2.24) is 14.6 Å². The lowest BCUT2D eigenvalue weighted by atomic mass is 10.0. The quantitative estimate of drug-likeness (QED) is 0.870. The van der Waals surface area contributed by atoms with Crippen molar-refractivity contribution in [2.24, 2.45) is 0 Å². The second kappa shape index (κ2) is 5.61. The van der Waals surface area contributed by atoms with Gasteiger partial charge in [0.25, 0.3) is 0 Å². The topological polar surface area (TPSA) is 42.2 Å². The van der Waals surface area contributed by atoms with Crippen LogP contribution in [0.2, 0.25) is 0 Å². The molecule has 2 rings (SSSR count). The van der Waals surface area contributed by atoms with Crippen LogP contribution in [0.1, 0.15) is 26.7 Å².